The van der Waals surface area contributed by atoms with Crippen LogP contribution in [0.1, 0.15) is 151 Å². The van der Waals surface area contributed by atoms with Gasteiger partial charge in [0.05, 0.1) is 6.61 Å². The Morgan fingerprint density at radius 3 is 2.20 bits per heavy atom. The van der Waals surface area contributed by atoms with Crippen LogP contribution in [0.25, 0.3) is 0 Å². The van der Waals surface area contributed by atoms with Crippen molar-refractivity contribution in [3.8, 4) is 5.75 Å². The average molecular weight is 615 g/mol. The van der Waals surface area contributed by atoms with Crippen molar-refractivity contribution in [2.24, 2.45) is 17.8 Å². The van der Waals surface area contributed by atoms with Crippen molar-refractivity contribution in [3.05, 3.63) is 63.7 Å². The number of rotatable bonds is 20. The van der Waals surface area contributed by atoms with E-state index in [-0.39, 0.29) is 29.2 Å². The molecule has 2 aromatic rings. The molecule has 0 heterocycles. The lowest BCUT2D eigenvalue weighted by Gasteiger charge is -2.27. The van der Waals surface area contributed by atoms with Crippen molar-refractivity contribution in [1.29, 1.82) is 0 Å². The molecule has 0 spiro atoms. The molecule has 0 saturated heterocycles. The minimum absolute atomic E-state index is 0.0285. The molecule has 2 fully saturated rings. The van der Waals surface area contributed by atoms with Gasteiger partial charge >= 0.3 is 0 Å². The number of hydrogen-bond acceptors (Lipinski definition) is 1. The molecule has 5 rings (SSSR count). The fourth-order valence-corrected chi connectivity index (χ4v) is 7.54. The third-order valence-corrected chi connectivity index (χ3v) is 10.8. The molecule has 0 amide bonds. The van der Waals surface area contributed by atoms with Gasteiger partial charge in [-0.2, -0.15) is 4.39 Å². The minimum Gasteiger partial charge on any atom is -0.490 e. The molecule has 244 valence electrons. The molecular weight excluding hydrogens is 560 g/mol. The van der Waals surface area contributed by atoms with Gasteiger partial charge in [-0.3, -0.25) is 0 Å². The zero-order chi connectivity index (χ0) is 30.9. The summed E-state index contributed by atoms with van der Waals surface area (Å²) in [5, 5.41) is 0. The fraction of sp³-hybridized carbons (Fsp3) is 0.692. The molecule has 2 atom stereocenters. The van der Waals surface area contributed by atoms with Gasteiger partial charge in [-0.1, -0.05) is 103 Å². The summed E-state index contributed by atoms with van der Waals surface area (Å²) < 4.78 is 66.2. The molecule has 2 aromatic carbocycles. The van der Waals surface area contributed by atoms with E-state index in [9.17, 15) is 4.39 Å². The van der Waals surface area contributed by atoms with Gasteiger partial charge in [0.25, 0.3) is 0 Å². The Kier molecular flexibility index (Phi) is 12.5. The molecule has 2 unspecified atom stereocenters. The number of aryl methyl sites for hydroxylation is 2. The molecule has 0 aliphatic heterocycles. The van der Waals surface area contributed by atoms with Gasteiger partial charge in [-0.05, 0) is 103 Å². The van der Waals surface area contributed by atoms with Crippen LogP contribution in [-0.2, 0) is 19.3 Å². The third kappa shape index (κ3) is 9.25. The predicted octanol–water partition coefficient (Wildman–Crippen LogP) is 12.0. The molecule has 3 aliphatic rings. The van der Waals surface area contributed by atoms with Crippen LogP contribution in [-0.4, -0.2) is 6.61 Å². The maximum absolute atomic E-state index is 15.2. The van der Waals surface area contributed by atoms with E-state index in [0.717, 1.165) is 56.3 Å². The lowest BCUT2D eigenvalue weighted by molar-refractivity contribution is 0.280. The van der Waals surface area contributed by atoms with E-state index in [4.69, 9.17) is 4.74 Å². The summed E-state index contributed by atoms with van der Waals surface area (Å²) in [4.78, 5) is 0. The SMILES string of the molecule is CCC(CCCCCOc1cc2c(c(F)c1F)CC(c1ccc(CCCCCCCCCC3CC3)c(F)c1F)CC2)C1CC1. The Labute approximate surface area is 263 Å². The van der Waals surface area contributed by atoms with E-state index in [1.807, 2.05) is 0 Å². The van der Waals surface area contributed by atoms with Crippen molar-refractivity contribution in [2.45, 2.75) is 148 Å². The lowest BCUT2D eigenvalue weighted by Crippen LogP contribution is -2.18. The van der Waals surface area contributed by atoms with Crippen molar-refractivity contribution >= 4 is 0 Å². The highest BCUT2D eigenvalue weighted by molar-refractivity contribution is 5.42. The fourth-order valence-electron chi connectivity index (χ4n) is 7.54. The molecule has 1 nitrogen and oxygen atoms in total. The van der Waals surface area contributed by atoms with E-state index in [2.05, 4.69) is 6.92 Å². The summed E-state index contributed by atoms with van der Waals surface area (Å²) >= 11 is 0. The molecule has 0 N–H and O–H groups in total. The van der Waals surface area contributed by atoms with Crippen LogP contribution >= 0.6 is 0 Å². The molecule has 2 saturated carbocycles. The molecule has 0 bridgehead atoms. The number of halogens is 4. The highest BCUT2D eigenvalue weighted by Gasteiger charge is 2.30. The smallest absolute Gasteiger partial charge is 0.200 e. The first-order valence-corrected chi connectivity index (χ1v) is 18.1. The first kappa shape index (κ1) is 33.3. The summed E-state index contributed by atoms with van der Waals surface area (Å²) in [5.41, 5.74) is 1.67. The van der Waals surface area contributed by atoms with Gasteiger partial charge in [-0.15, -0.1) is 0 Å². The van der Waals surface area contributed by atoms with Crippen LogP contribution in [0.3, 0.4) is 0 Å². The van der Waals surface area contributed by atoms with Crippen LogP contribution in [0, 0.1) is 41.0 Å². The largest absolute Gasteiger partial charge is 0.490 e. The number of benzene rings is 2. The third-order valence-electron chi connectivity index (χ3n) is 10.8. The van der Waals surface area contributed by atoms with Gasteiger partial charge in [0.2, 0.25) is 5.82 Å². The Morgan fingerprint density at radius 2 is 1.48 bits per heavy atom. The van der Waals surface area contributed by atoms with E-state index < -0.39 is 23.3 Å². The van der Waals surface area contributed by atoms with Crippen LogP contribution in [0.4, 0.5) is 17.6 Å². The number of unbranched alkanes of at least 4 members (excludes halogenated alkanes) is 8. The standard InChI is InChI=1S/C39H54F4O/c1-2-28(29-18-19-29)14-11-8-12-24-44-35-26-32-21-20-31(25-34(32)38(42)39(35)43)33-23-22-30(36(40)37(33)41)15-10-7-5-3-4-6-9-13-27-16-17-27/h22-23,26-29,31H,2-21,24-25H2,1H3. The van der Waals surface area contributed by atoms with Crippen molar-refractivity contribution in [1.82, 2.24) is 0 Å². The summed E-state index contributed by atoms with van der Waals surface area (Å²) in [5.74, 6) is -1.10. The van der Waals surface area contributed by atoms with Gasteiger partial charge in [-0.25, -0.2) is 13.2 Å². The Morgan fingerprint density at radius 1 is 0.750 bits per heavy atom. The quantitative estimate of drug-likeness (QED) is 0.106. The van der Waals surface area contributed by atoms with Crippen molar-refractivity contribution < 1.29 is 22.3 Å². The molecule has 3 aliphatic carbocycles. The molecule has 44 heavy (non-hydrogen) atoms. The van der Waals surface area contributed by atoms with Crippen molar-refractivity contribution in [3.63, 3.8) is 0 Å². The number of ether oxygens (including phenoxy) is 1. The van der Waals surface area contributed by atoms with Crippen LogP contribution in [0.15, 0.2) is 18.2 Å². The Bertz CT molecular complexity index is 1200. The second-order valence-electron chi connectivity index (χ2n) is 14.2. The number of hydrogen-bond donors (Lipinski definition) is 0. The second kappa shape index (κ2) is 16.5. The monoisotopic (exact) mass is 614 g/mol. The maximum atomic E-state index is 15.2. The summed E-state index contributed by atoms with van der Waals surface area (Å²) in [6.07, 6.45) is 22.4. The molecule has 5 heteroatoms. The highest BCUT2D eigenvalue weighted by atomic mass is 19.2. The highest BCUT2D eigenvalue weighted by Crippen LogP contribution is 2.41. The van der Waals surface area contributed by atoms with E-state index in [1.54, 1.807) is 18.2 Å². The predicted molar refractivity (Wildman–Crippen MR) is 171 cm³/mol. The second-order valence-corrected chi connectivity index (χ2v) is 14.2. The van der Waals surface area contributed by atoms with E-state index >= 15 is 13.2 Å². The normalized spacial score (nSPS) is 18.8. The zero-order valence-corrected chi connectivity index (χ0v) is 27.0. The topological polar surface area (TPSA) is 9.23 Å². The maximum Gasteiger partial charge on any atom is 0.200 e. The van der Waals surface area contributed by atoms with Gasteiger partial charge < -0.3 is 4.74 Å². The molecule has 0 aromatic heterocycles. The summed E-state index contributed by atoms with van der Waals surface area (Å²) in [6.45, 7) is 2.64. The Hall–Kier alpha value is -2.04. The number of fused-ring (bicyclic) bond motifs is 1. The molecular formula is C39H54F4O. The first-order chi connectivity index (χ1) is 21.5. The van der Waals surface area contributed by atoms with Crippen LogP contribution < -0.4 is 4.74 Å². The minimum atomic E-state index is -0.968. The summed E-state index contributed by atoms with van der Waals surface area (Å²) in [7, 11) is 0. The average Bonchev–Trinajstić information content (AvgIpc) is 3.96. The van der Waals surface area contributed by atoms with E-state index in [1.165, 1.54) is 70.6 Å². The lowest BCUT2D eigenvalue weighted by atomic mass is 9.79. The van der Waals surface area contributed by atoms with Gasteiger partial charge in [0.1, 0.15) is 0 Å². The van der Waals surface area contributed by atoms with Crippen LogP contribution in [0.2, 0.25) is 0 Å². The Balaban J connectivity index is 1.06. The zero-order valence-electron chi connectivity index (χ0n) is 27.0. The van der Waals surface area contributed by atoms with Gasteiger partial charge in [0, 0.05) is 0 Å². The first-order valence-electron chi connectivity index (χ1n) is 18.1. The summed E-state index contributed by atoms with van der Waals surface area (Å²) in [6, 6.07) is 4.99. The van der Waals surface area contributed by atoms with E-state index in [0.29, 0.717) is 37.0 Å². The van der Waals surface area contributed by atoms with Gasteiger partial charge in [0.15, 0.2) is 23.2 Å². The van der Waals surface area contributed by atoms with Crippen LogP contribution in [0.5, 0.6) is 5.75 Å². The molecule has 0 radical (unpaired) electrons. The van der Waals surface area contributed by atoms with Crippen molar-refractivity contribution in [2.75, 3.05) is 6.61 Å².